The number of aromatic nitrogens is 4. The number of fused-ring (bicyclic) bond motifs is 1. The zero-order valence-electron chi connectivity index (χ0n) is 20.3. The summed E-state index contributed by atoms with van der Waals surface area (Å²) in [6, 6.07) is 18.8. The molecule has 1 N–H and O–H groups in total. The molecule has 0 aliphatic carbocycles. The van der Waals surface area contributed by atoms with Crippen molar-refractivity contribution >= 4 is 17.5 Å². The van der Waals surface area contributed by atoms with Crippen LogP contribution in [0.4, 0.5) is 5.69 Å². The first-order valence-corrected chi connectivity index (χ1v) is 12.1. The fraction of sp³-hybridized carbons (Fsp3) is 0.250. The van der Waals surface area contributed by atoms with E-state index in [0.717, 1.165) is 23.2 Å². The van der Waals surface area contributed by atoms with E-state index in [0.29, 0.717) is 30.0 Å². The summed E-state index contributed by atoms with van der Waals surface area (Å²) in [7, 11) is 0. The molecule has 2 aromatic heterocycles. The molecular weight excluding hydrogens is 452 g/mol. The number of carbonyl (C=O) groups is 2. The van der Waals surface area contributed by atoms with Gasteiger partial charge in [-0.3, -0.25) is 19.3 Å². The van der Waals surface area contributed by atoms with Crippen LogP contribution < -0.4 is 10.2 Å². The van der Waals surface area contributed by atoms with E-state index in [1.165, 1.54) is 0 Å². The van der Waals surface area contributed by atoms with E-state index >= 15 is 0 Å². The lowest BCUT2D eigenvalue weighted by atomic mass is 9.98. The van der Waals surface area contributed by atoms with E-state index < -0.39 is 0 Å². The molecule has 8 heteroatoms. The van der Waals surface area contributed by atoms with Crippen molar-refractivity contribution in [2.24, 2.45) is 0 Å². The van der Waals surface area contributed by atoms with Crippen molar-refractivity contribution in [2.75, 3.05) is 18.0 Å². The van der Waals surface area contributed by atoms with Gasteiger partial charge < -0.3 is 10.2 Å². The highest BCUT2D eigenvalue weighted by atomic mass is 16.2. The number of carbonyl (C=O) groups excluding carboxylic acids is 2. The highest BCUT2D eigenvalue weighted by Gasteiger charge is 2.36. The molecule has 36 heavy (non-hydrogen) atoms. The van der Waals surface area contributed by atoms with Crippen molar-refractivity contribution in [3.63, 3.8) is 0 Å². The van der Waals surface area contributed by atoms with Crippen LogP contribution in [0.5, 0.6) is 0 Å². The Balaban J connectivity index is 1.42. The molecule has 0 saturated carbocycles. The zero-order valence-corrected chi connectivity index (χ0v) is 20.3. The molecule has 5 rings (SSSR count). The van der Waals surface area contributed by atoms with Gasteiger partial charge in [0.05, 0.1) is 5.92 Å². The van der Waals surface area contributed by atoms with Gasteiger partial charge in [-0.15, -0.1) is 0 Å². The SMILES string of the molecule is CC(C)n1cnc([C@H]2CN(C(=O)c3ccccc3)c3ccc(C(=O)NCCc4ccncc4)cc32)n1. The maximum atomic E-state index is 13.4. The van der Waals surface area contributed by atoms with Crippen LogP contribution in [-0.4, -0.2) is 44.7 Å². The number of nitrogens with zero attached hydrogens (tertiary/aromatic N) is 5. The molecule has 0 saturated heterocycles. The van der Waals surface area contributed by atoms with Crippen molar-refractivity contribution in [1.82, 2.24) is 25.1 Å². The number of hydrogen-bond donors (Lipinski definition) is 1. The molecule has 1 atom stereocenters. The number of rotatable bonds is 7. The lowest BCUT2D eigenvalue weighted by Gasteiger charge is -2.18. The Morgan fingerprint density at radius 3 is 2.53 bits per heavy atom. The molecule has 182 valence electrons. The number of anilines is 1. The Bertz CT molecular complexity index is 1370. The lowest BCUT2D eigenvalue weighted by molar-refractivity contribution is 0.0952. The van der Waals surface area contributed by atoms with Crippen molar-refractivity contribution in [3.8, 4) is 0 Å². The van der Waals surface area contributed by atoms with Gasteiger partial charge in [-0.2, -0.15) is 5.10 Å². The van der Waals surface area contributed by atoms with Gasteiger partial charge in [0.1, 0.15) is 6.33 Å². The van der Waals surface area contributed by atoms with Gasteiger partial charge in [-0.25, -0.2) is 4.98 Å². The third-order valence-electron chi connectivity index (χ3n) is 6.40. The first kappa shape index (κ1) is 23.4. The van der Waals surface area contributed by atoms with Crippen LogP contribution in [0.15, 0.2) is 79.4 Å². The molecule has 0 bridgehead atoms. The smallest absolute Gasteiger partial charge is 0.258 e. The topological polar surface area (TPSA) is 93.0 Å². The molecule has 4 aromatic rings. The van der Waals surface area contributed by atoms with Crippen LogP contribution in [0, 0.1) is 0 Å². The Kier molecular flexibility index (Phi) is 6.58. The van der Waals surface area contributed by atoms with Gasteiger partial charge in [0, 0.05) is 48.3 Å². The van der Waals surface area contributed by atoms with E-state index in [2.05, 4.69) is 20.4 Å². The predicted octanol–water partition coefficient (Wildman–Crippen LogP) is 4.02. The minimum absolute atomic E-state index is 0.0859. The van der Waals surface area contributed by atoms with Crippen molar-refractivity contribution in [1.29, 1.82) is 0 Å². The van der Waals surface area contributed by atoms with Crippen LogP contribution >= 0.6 is 0 Å². The maximum absolute atomic E-state index is 13.4. The Morgan fingerprint density at radius 1 is 1.03 bits per heavy atom. The van der Waals surface area contributed by atoms with Crippen LogP contribution in [0.1, 0.15) is 63.5 Å². The molecule has 0 spiro atoms. The first-order chi connectivity index (χ1) is 17.5. The van der Waals surface area contributed by atoms with Gasteiger partial charge in [0.25, 0.3) is 11.8 Å². The highest BCUT2D eigenvalue weighted by Crippen LogP contribution is 2.40. The van der Waals surface area contributed by atoms with Gasteiger partial charge in [0.15, 0.2) is 5.82 Å². The summed E-state index contributed by atoms with van der Waals surface area (Å²) in [6.45, 7) is 5.02. The second-order valence-electron chi connectivity index (χ2n) is 9.15. The van der Waals surface area contributed by atoms with Gasteiger partial charge >= 0.3 is 0 Å². The predicted molar refractivity (Wildman–Crippen MR) is 137 cm³/mol. The van der Waals surface area contributed by atoms with Gasteiger partial charge in [-0.05, 0) is 73.9 Å². The molecule has 1 aliphatic rings. The summed E-state index contributed by atoms with van der Waals surface area (Å²) in [5.41, 5.74) is 3.93. The molecule has 0 fully saturated rings. The van der Waals surface area contributed by atoms with E-state index in [9.17, 15) is 9.59 Å². The zero-order chi connectivity index (χ0) is 25.1. The van der Waals surface area contributed by atoms with Crippen LogP contribution in [-0.2, 0) is 6.42 Å². The van der Waals surface area contributed by atoms with Crippen molar-refractivity contribution < 1.29 is 9.59 Å². The molecule has 2 amide bonds. The Hall–Kier alpha value is -4.33. The largest absolute Gasteiger partial charge is 0.352 e. The third kappa shape index (κ3) is 4.75. The summed E-state index contributed by atoms with van der Waals surface area (Å²) in [4.78, 5) is 36.7. The first-order valence-electron chi connectivity index (χ1n) is 12.1. The van der Waals surface area contributed by atoms with E-state index in [-0.39, 0.29) is 23.8 Å². The number of hydrogen-bond acceptors (Lipinski definition) is 5. The van der Waals surface area contributed by atoms with Gasteiger partial charge in [-0.1, -0.05) is 18.2 Å². The summed E-state index contributed by atoms with van der Waals surface area (Å²) in [5.74, 6) is 0.178. The van der Waals surface area contributed by atoms with Crippen LogP contribution in [0.3, 0.4) is 0 Å². The van der Waals surface area contributed by atoms with E-state index in [4.69, 9.17) is 0 Å². The van der Waals surface area contributed by atoms with Crippen LogP contribution in [0.2, 0.25) is 0 Å². The number of amides is 2. The third-order valence-corrected chi connectivity index (χ3v) is 6.40. The molecule has 0 radical (unpaired) electrons. The second kappa shape index (κ2) is 10.1. The van der Waals surface area contributed by atoms with E-state index in [1.54, 1.807) is 29.7 Å². The summed E-state index contributed by atoms with van der Waals surface area (Å²) < 4.78 is 1.81. The number of nitrogens with one attached hydrogen (secondary N) is 1. The average Bonchev–Trinajstić information content (AvgIpc) is 3.54. The average molecular weight is 481 g/mol. The number of pyridine rings is 1. The number of benzene rings is 2. The summed E-state index contributed by atoms with van der Waals surface area (Å²) >= 11 is 0. The van der Waals surface area contributed by atoms with Crippen molar-refractivity contribution in [3.05, 3.63) is 107 Å². The fourth-order valence-corrected chi connectivity index (χ4v) is 4.42. The molecule has 0 unspecified atom stereocenters. The Labute approximate surface area is 210 Å². The molecule has 1 aliphatic heterocycles. The highest BCUT2D eigenvalue weighted by molar-refractivity contribution is 6.08. The van der Waals surface area contributed by atoms with Crippen LogP contribution in [0.25, 0.3) is 0 Å². The molecule has 8 nitrogen and oxygen atoms in total. The minimum Gasteiger partial charge on any atom is -0.352 e. The monoisotopic (exact) mass is 480 g/mol. The summed E-state index contributed by atoms with van der Waals surface area (Å²) in [5, 5.41) is 7.67. The maximum Gasteiger partial charge on any atom is 0.258 e. The fourth-order valence-electron chi connectivity index (χ4n) is 4.42. The molecular formula is C28H28N6O2. The lowest BCUT2D eigenvalue weighted by Crippen LogP contribution is -2.30. The van der Waals surface area contributed by atoms with E-state index in [1.807, 2.05) is 73.1 Å². The standard InChI is InChI=1S/C28H28N6O2/c1-19(2)34-18-31-26(32-34)24-17-33(28(36)21-6-4-3-5-7-21)25-9-8-22(16-23(24)25)27(35)30-15-12-20-10-13-29-14-11-20/h3-11,13-14,16,18-19,24H,12,15,17H2,1-2H3,(H,30,35)/t24-/m0/s1. The summed E-state index contributed by atoms with van der Waals surface area (Å²) in [6.07, 6.45) is 5.93. The molecule has 3 heterocycles. The quantitative estimate of drug-likeness (QED) is 0.431. The van der Waals surface area contributed by atoms with Gasteiger partial charge in [0.2, 0.25) is 0 Å². The second-order valence-corrected chi connectivity index (χ2v) is 9.15. The van der Waals surface area contributed by atoms with Crippen molar-refractivity contribution in [2.45, 2.75) is 32.2 Å². The molecule has 2 aromatic carbocycles. The minimum atomic E-state index is -0.225. The normalized spacial score (nSPS) is 14.6. The Morgan fingerprint density at radius 2 is 1.81 bits per heavy atom.